The number of rotatable bonds is 7. The summed E-state index contributed by atoms with van der Waals surface area (Å²) in [6.07, 6.45) is 0. The van der Waals surface area contributed by atoms with Gasteiger partial charge >= 0.3 is 6.03 Å². The standard InChI is InChI=1S/C18H21N3O5/c1-13(14-7-9-16(10-8-14)21(23)24)12-26-17-6-4-5-15(11-17)19-18(22)20(2)25-3/h4-11,13H,12H2,1-3H3,(H,19,22). The first-order chi connectivity index (χ1) is 12.4. The van der Waals surface area contributed by atoms with Crippen molar-refractivity contribution in [1.82, 2.24) is 5.06 Å². The summed E-state index contributed by atoms with van der Waals surface area (Å²) in [4.78, 5) is 26.9. The summed E-state index contributed by atoms with van der Waals surface area (Å²) in [6.45, 7) is 2.37. The van der Waals surface area contributed by atoms with E-state index in [1.807, 2.05) is 6.92 Å². The van der Waals surface area contributed by atoms with E-state index in [0.29, 0.717) is 18.0 Å². The van der Waals surface area contributed by atoms with Gasteiger partial charge in [-0.05, 0) is 17.7 Å². The minimum atomic E-state index is -0.425. The number of benzene rings is 2. The lowest BCUT2D eigenvalue weighted by Crippen LogP contribution is -2.30. The van der Waals surface area contributed by atoms with E-state index in [1.54, 1.807) is 36.4 Å². The normalized spacial score (nSPS) is 11.5. The molecule has 0 saturated heterocycles. The molecule has 2 aromatic rings. The summed E-state index contributed by atoms with van der Waals surface area (Å²) in [5.41, 5.74) is 1.59. The average molecular weight is 359 g/mol. The number of hydrogen-bond acceptors (Lipinski definition) is 5. The predicted molar refractivity (Wildman–Crippen MR) is 97.2 cm³/mol. The number of nitro benzene ring substituents is 1. The molecule has 1 N–H and O–H groups in total. The maximum absolute atomic E-state index is 11.8. The van der Waals surface area contributed by atoms with E-state index >= 15 is 0 Å². The molecule has 0 saturated carbocycles. The summed E-state index contributed by atoms with van der Waals surface area (Å²) in [5, 5.41) is 14.5. The summed E-state index contributed by atoms with van der Waals surface area (Å²) >= 11 is 0. The lowest BCUT2D eigenvalue weighted by Gasteiger charge is -2.16. The minimum absolute atomic E-state index is 0.0497. The molecule has 2 amide bonds. The zero-order valence-corrected chi connectivity index (χ0v) is 14.8. The molecule has 0 aliphatic carbocycles. The zero-order valence-electron chi connectivity index (χ0n) is 14.8. The quantitative estimate of drug-likeness (QED) is 0.599. The van der Waals surface area contributed by atoms with Crippen LogP contribution in [0.5, 0.6) is 5.75 Å². The Morgan fingerprint density at radius 1 is 1.27 bits per heavy atom. The highest BCUT2D eigenvalue weighted by Crippen LogP contribution is 2.22. The Labute approximate surface area is 151 Å². The van der Waals surface area contributed by atoms with Crippen molar-refractivity contribution < 1.29 is 19.3 Å². The van der Waals surface area contributed by atoms with Gasteiger partial charge in [0.15, 0.2) is 0 Å². The second kappa shape index (κ2) is 8.82. The average Bonchev–Trinajstić information content (AvgIpc) is 2.65. The van der Waals surface area contributed by atoms with Gasteiger partial charge < -0.3 is 10.1 Å². The molecule has 1 unspecified atom stereocenters. The van der Waals surface area contributed by atoms with Gasteiger partial charge in [-0.1, -0.05) is 25.1 Å². The third-order valence-corrected chi connectivity index (χ3v) is 3.82. The smallest absolute Gasteiger partial charge is 0.345 e. The van der Waals surface area contributed by atoms with Gasteiger partial charge in [0.2, 0.25) is 0 Å². The molecule has 0 spiro atoms. The van der Waals surface area contributed by atoms with Crippen molar-refractivity contribution in [1.29, 1.82) is 0 Å². The van der Waals surface area contributed by atoms with Gasteiger partial charge in [0.05, 0.1) is 18.6 Å². The molecule has 138 valence electrons. The number of nitrogens with one attached hydrogen (secondary N) is 1. The number of non-ortho nitro benzene ring substituents is 1. The van der Waals surface area contributed by atoms with Gasteiger partial charge in [0, 0.05) is 36.9 Å². The highest BCUT2D eigenvalue weighted by molar-refractivity contribution is 5.88. The van der Waals surface area contributed by atoms with Gasteiger partial charge in [-0.2, -0.15) is 0 Å². The van der Waals surface area contributed by atoms with E-state index in [9.17, 15) is 14.9 Å². The van der Waals surface area contributed by atoms with Crippen LogP contribution < -0.4 is 10.1 Å². The summed E-state index contributed by atoms with van der Waals surface area (Å²) in [5.74, 6) is 0.658. The Kier molecular flexibility index (Phi) is 6.51. The van der Waals surface area contributed by atoms with Crippen molar-refractivity contribution >= 4 is 17.4 Å². The Morgan fingerprint density at radius 2 is 1.96 bits per heavy atom. The molecule has 1 atom stereocenters. The van der Waals surface area contributed by atoms with Gasteiger partial charge in [-0.25, -0.2) is 9.86 Å². The Morgan fingerprint density at radius 3 is 2.58 bits per heavy atom. The monoisotopic (exact) mass is 359 g/mol. The number of anilines is 1. The van der Waals surface area contributed by atoms with Crippen LogP contribution in [-0.2, 0) is 4.84 Å². The van der Waals surface area contributed by atoms with E-state index in [-0.39, 0.29) is 11.6 Å². The molecule has 0 aromatic heterocycles. The fourth-order valence-electron chi connectivity index (χ4n) is 2.19. The largest absolute Gasteiger partial charge is 0.493 e. The number of hydrogen-bond donors (Lipinski definition) is 1. The van der Waals surface area contributed by atoms with Crippen LogP contribution in [0.3, 0.4) is 0 Å². The number of carbonyl (C=O) groups excluding carboxylic acids is 1. The molecular formula is C18H21N3O5. The SMILES string of the molecule is CON(C)C(=O)Nc1cccc(OCC(C)c2ccc([N+](=O)[O-])cc2)c1. The first-order valence-corrected chi connectivity index (χ1v) is 7.96. The van der Waals surface area contributed by atoms with Crippen LogP contribution in [0.4, 0.5) is 16.2 Å². The molecule has 0 radical (unpaired) electrons. The van der Waals surface area contributed by atoms with E-state index < -0.39 is 11.0 Å². The van der Waals surface area contributed by atoms with Crippen molar-refractivity contribution in [3.8, 4) is 5.75 Å². The van der Waals surface area contributed by atoms with Crippen LogP contribution in [0.25, 0.3) is 0 Å². The number of ether oxygens (including phenoxy) is 1. The number of carbonyl (C=O) groups is 1. The highest BCUT2D eigenvalue weighted by Gasteiger charge is 2.11. The molecule has 0 aliphatic heterocycles. The molecule has 26 heavy (non-hydrogen) atoms. The van der Waals surface area contributed by atoms with E-state index in [4.69, 9.17) is 9.57 Å². The maximum Gasteiger partial charge on any atom is 0.345 e. The number of urea groups is 1. The van der Waals surface area contributed by atoms with Gasteiger partial charge in [-0.3, -0.25) is 15.0 Å². The summed E-state index contributed by atoms with van der Waals surface area (Å²) in [6, 6.07) is 13.0. The van der Waals surface area contributed by atoms with Gasteiger partial charge in [-0.15, -0.1) is 0 Å². The molecule has 0 heterocycles. The number of amides is 2. The predicted octanol–water partition coefficient (Wildman–Crippen LogP) is 3.80. The second-order valence-electron chi connectivity index (χ2n) is 5.70. The maximum atomic E-state index is 11.8. The summed E-state index contributed by atoms with van der Waals surface area (Å²) in [7, 11) is 2.90. The fourth-order valence-corrected chi connectivity index (χ4v) is 2.19. The second-order valence-corrected chi connectivity index (χ2v) is 5.70. The van der Waals surface area contributed by atoms with Crippen molar-refractivity contribution in [2.24, 2.45) is 0 Å². The van der Waals surface area contributed by atoms with Crippen LogP contribution in [0.15, 0.2) is 48.5 Å². The molecule has 0 fully saturated rings. The molecule has 0 bridgehead atoms. The van der Waals surface area contributed by atoms with E-state index in [2.05, 4.69) is 5.32 Å². The van der Waals surface area contributed by atoms with Gasteiger partial charge in [0.1, 0.15) is 5.75 Å². The number of hydroxylamine groups is 2. The lowest BCUT2D eigenvalue weighted by molar-refractivity contribution is -0.384. The van der Waals surface area contributed by atoms with E-state index in [1.165, 1.54) is 26.3 Å². The first-order valence-electron chi connectivity index (χ1n) is 7.96. The number of nitrogens with zero attached hydrogens (tertiary/aromatic N) is 2. The van der Waals surface area contributed by atoms with E-state index in [0.717, 1.165) is 10.6 Å². The molecule has 8 heteroatoms. The topological polar surface area (TPSA) is 93.9 Å². The minimum Gasteiger partial charge on any atom is -0.493 e. The third-order valence-electron chi connectivity index (χ3n) is 3.82. The molecule has 2 aromatic carbocycles. The van der Waals surface area contributed by atoms with Crippen molar-refractivity contribution in [2.75, 3.05) is 26.1 Å². The van der Waals surface area contributed by atoms with Crippen molar-refractivity contribution in [3.63, 3.8) is 0 Å². The van der Waals surface area contributed by atoms with Crippen molar-refractivity contribution in [3.05, 3.63) is 64.2 Å². The molecule has 2 rings (SSSR count). The van der Waals surface area contributed by atoms with Crippen LogP contribution in [0.2, 0.25) is 0 Å². The van der Waals surface area contributed by atoms with Crippen LogP contribution in [0, 0.1) is 10.1 Å². The summed E-state index contributed by atoms with van der Waals surface area (Å²) < 4.78 is 5.78. The molecule has 8 nitrogen and oxygen atoms in total. The van der Waals surface area contributed by atoms with Crippen LogP contribution in [0.1, 0.15) is 18.4 Å². The Balaban J connectivity index is 1.95. The van der Waals surface area contributed by atoms with Gasteiger partial charge in [0.25, 0.3) is 5.69 Å². The molecular weight excluding hydrogens is 338 g/mol. The zero-order chi connectivity index (χ0) is 19.1. The fraction of sp³-hybridized carbons (Fsp3) is 0.278. The van der Waals surface area contributed by atoms with Crippen LogP contribution >= 0.6 is 0 Å². The van der Waals surface area contributed by atoms with Crippen molar-refractivity contribution in [2.45, 2.75) is 12.8 Å². The lowest BCUT2D eigenvalue weighted by atomic mass is 10.0. The Bertz CT molecular complexity index is 764. The first kappa shape index (κ1) is 19.2. The van der Waals surface area contributed by atoms with Crippen LogP contribution in [-0.4, -0.2) is 36.8 Å². The highest BCUT2D eigenvalue weighted by atomic mass is 16.7. The third kappa shape index (κ3) is 5.18. The number of nitro groups is 1. The molecule has 0 aliphatic rings. The Hall–Kier alpha value is -3.13.